The molecular formula is C17H23N5O. The Morgan fingerprint density at radius 3 is 2.83 bits per heavy atom. The number of carbonyl (C=O) groups is 1. The Morgan fingerprint density at radius 2 is 2.17 bits per heavy atom. The summed E-state index contributed by atoms with van der Waals surface area (Å²) in [4.78, 5) is 23.3. The van der Waals surface area contributed by atoms with Crippen molar-refractivity contribution in [1.29, 1.82) is 0 Å². The van der Waals surface area contributed by atoms with Gasteiger partial charge in [0.25, 0.3) is 5.91 Å². The number of amides is 1. The van der Waals surface area contributed by atoms with E-state index < -0.39 is 0 Å². The zero-order valence-electron chi connectivity index (χ0n) is 14.1. The van der Waals surface area contributed by atoms with Gasteiger partial charge in [0.05, 0.1) is 0 Å². The topological polar surface area (TPSA) is 74.8 Å². The molecule has 0 spiro atoms. The van der Waals surface area contributed by atoms with Gasteiger partial charge in [0, 0.05) is 42.0 Å². The van der Waals surface area contributed by atoms with Gasteiger partial charge in [-0.1, -0.05) is 20.8 Å². The predicted molar refractivity (Wildman–Crippen MR) is 87.3 cm³/mol. The Bertz CT molecular complexity index is 716. The molecule has 2 aromatic heterocycles. The monoisotopic (exact) mass is 313 g/mol. The summed E-state index contributed by atoms with van der Waals surface area (Å²) in [6, 6.07) is 3.75. The van der Waals surface area contributed by atoms with Crippen LogP contribution in [0.25, 0.3) is 0 Å². The van der Waals surface area contributed by atoms with Crippen LogP contribution in [-0.4, -0.2) is 44.1 Å². The molecule has 1 aliphatic heterocycles. The molecule has 1 saturated heterocycles. The minimum atomic E-state index is -0.0471. The molecule has 1 amide bonds. The number of hydrogen-bond donors (Lipinski definition) is 1. The van der Waals surface area contributed by atoms with Gasteiger partial charge in [-0.05, 0) is 25.5 Å². The van der Waals surface area contributed by atoms with Crippen LogP contribution in [0.3, 0.4) is 0 Å². The van der Waals surface area contributed by atoms with Gasteiger partial charge in [0.15, 0.2) is 0 Å². The summed E-state index contributed by atoms with van der Waals surface area (Å²) in [5.41, 5.74) is 2.37. The smallest absolute Gasteiger partial charge is 0.274 e. The van der Waals surface area contributed by atoms with Crippen molar-refractivity contribution in [3.05, 3.63) is 41.2 Å². The zero-order chi connectivity index (χ0) is 16.6. The Balaban J connectivity index is 1.71. The lowest BCUT2D eigenvalue weighted by Crippen LogP contribution is -2.29. The Kier molecular flexibility index (Phi) is 3.92. The zero-order valence-corrected chi connectivity index (χ0v) is 14.1. The first-order valence-electron chi connectivity index (χ1n) is 7.99. The number of aryl methyl sites for hydroxylation is 1. The summed E-state index contributed by atoms with van der Waals surface area (Å²) in [6.07, 6.45) is 2.68. The minimum absolute atomic E-state index is 0.0214. The highest BCUT2D eigenvalue weighted by Crippen LogP contribution is 2.26. The van der Waals surface area contributed by atoms with E-state index in [0.717, 1.165) is 30.2 Å². The Morgan fingerprint density at radius 1 is 1.39 bits per heavy atom. The molecule has 0 radical (unpaired) electrons. The number of carbonyl (C=O) groups excluding carboxylic acids is 1. The molecule has 23 heavy (non-hydrogen) atoms. The molecule has 3 heterocycles. The second kappa shape index (κ2) is 5.76. The van der Waals surface area contributed by atoms with Gasteiger partial charge in [-0.2, -0.15) is 5.10 Å². The molecule has 0 saturated carbocycles. The van der Waals surface area contributed by atoms with Crippen molar-refractivity contribution in [1.82, 2.24) is 25.1 Å². The van der Waals surface area contributed by atoms with Crippen molar-refractivity contribution in [2.45, 2.75) is 45.4 Å². The third-order valence-corrected chi connectivity index (χ3v) is 4.26. The van der Waals surface area contributed by atoms with Crippen LogP contribution >= 0.6 is 0 Å². The molecule has 0 unspecified atom stereocenters. The van der Waals surface area contributed by atoms with Crippen LogP contribution in [0.2, 0.25) is 0 Å². The van der Waals surface area contributed by atoms with Crippen LogP contribution in [0, 0.1) is 6.92 Å². The molecule has 1 atom stereocenters. The van der Waals surface area contributed by atoms with Crippen molar-refractivity contribution in [3.63, 3.8) is 0 Å². The van der Waals surface area contributed by atoms with E-state index in [1.807, 2.05) is 24.0 Å². The van der Waals surface area contributed by atoms with E-state index in [9.17, 15) is 4.79 Å². The molecular weight excluding hydrogens is 290 g/mol. The first-order chi connectivity index (χ1) is 10.8. The Hall–Kier alpha value is -2.24. The average Bonchev–Trinajstić information content (AvgIpc) is 3.16. The average molecular weight is 313 g/mol. The van der Waals surface area contributed by atoms with Crippen LogP contribution in [0.5, 0.6) is 0 Å². The van der Waals surface area contributed by atoms with Gasteiger partial charge >= 0.3 is 0 Å². The third kappa shape index (κ3) is 3.25. The lowest BCUT2D eigenvalue weighted by molar-refractivity contribution is 0.0784. The summed E-state index contributed by atoms with van der Waals surface area (Å²) < 4.78 is 0. The molecule has 1 fully saturated rings. The summed E-state index contributed by atoms with van der Waals surface area (Å²) in [5.74, 6) is 1.02. The van der Waals surface area contributed by atoms with Gasteiger partial charge in [-0.25, -0.2) is 9.97 Å². The summed E-state index contributed by atoms with van der Waals surface area (Å²) in [7, 11) is 0. The molecule has 6 heteroatoms. The van der Waals surface area contributed by atoms with Crippen molar-refractivity contribution in [3.8, 4) is 0 Å². The lowest BCUT2D eigenvalue weighted by Gasteiger charge is -2.15. The van der Waals surface area contributed by atoms with E-state index in [0.29, 0.717) is 12.2 Å². The molecule has 122 valence electrons. The SMILES string of the molecule is Cc1ccnc([C@@H]2CCN(C(=O)c3cc(C(C)(C)C)[nH]n3)C2)n1. The van der Waals surface area contributed by atoms with Gasteiger partial charge < -0.3 is 4.90 Å². The normalized spacial score (nSPS) is 18.4. The van der Waals surface area contributed by atoms with Crippen LogP contribution in [0.4, 0.5) is 0 Å². The number of aromatic amines is 1. The molecule has 6 nitrogen and oxygen atoms in total. The fourth-order valence-electron chi connectivity index (χ4n) is 2.80. The van der Waals surface area contributed by atoms with Gasteiger partial charge in [0.1, 0.15) is 11.5 Å². The van der Waals surface area contributed by atoms with Gasteiger partial charge in [0.2, 0.25) is 0 Å². The molecule has 2 aromatic rings. The second-order valence-electron chi connectivity index (χ2n) is 7.21. The van der Waals surface area contributed by atoms with E-state index in [-0.39, 0.29) is 17.2 Å². The van der Waals surface area contributed by atoms with E-state index in [2.05, 4.69) is 40.9 Å². The fourth-order valence-corrected chi connectivity index (χ4v) is 2.80. The van der Waals surface area contributed by atoms with E-state index in [4.69, 9.17) is 0 Å². The second-order valence-corrected chi connectivity index (χ2v) is 7.21. The van der Waals surface area contributed by atoms with Crippen molar-refractivity contribution >= 4 is 5.91 Å². The maximum absolute atomic E-state index is 12.6. The minimum Gasteiger partial charge on any atom is -0.336 e. The molecule has 0 bridgehead atoms. The van der Waals surface area contributed by atoms with E-state index in [1.165, 1.54) is 0 Å². The first kappa shape index (κ1) is 15.6. The summed E-state index contributed by atoms with van der Waals surface area (Å²) >= 11 is 0. The van der Waals surface area contributed by atoms with Crippen LogP contribution in [0.15, 0.2) is 18.3 Å². The standard InChI is InChI=1S/C17H23N5O/c1-11-5-7-18-15(19-11)12-6-8-22(10-12)16(23)13-9-14(21-20-13)17(2,3)4/h5,7,9,12H,6,8,10H2,1-4H3,(H,20,21)/t12-/m1/s1. The summed E-state index contributed by atoms with van der Waals surface area (Å²) in [6.45, 7) is 9.61. The van der Waals surface area contributed by atoms with Gasteiger partial charge in [-0.3, -0.25) is 9.89 Å². The number of rotatable bonds is 2. The third-order valence-electron chi connectivity index (χ3n) is 4.26. The number of nitrogens with zero attached hydrogens (tertiary/aromatic N) is 4. The quantitative estimate of drug-likeness (QED) is 0.924. The number of nitrogens with one attached hydrogen (secondary N) is 1. The summed E-state index contributed by atoms with van der Waals surface area (Å²) in [5, 5.41) is 7.17. The van der Waals surface area contributed by atoms with E-state index in [1.54, 1.807) is 6.20 Å². The number of H-pyrrole nitrogens is 1. The molecule has 0 aliphatic carbocycles. The van der Waals surface area contributed by atoms with Crippen molar-refractivity contribution in [2.75, 3.05) is 13.1 Å². The van der Waals surface area contributed by atoms with Crippen LogP contribution in [0.1, 0.15) is 60.8 Å². The maximum atomic E-state index is 12.6. The maximum Gasteiger partial charge on any atom is 0.274 e. The fraction of sp³-hybridized carbons (Fsp3) is 0.529. The first-order valence-corrected chi connectivity index (χ1v) is 7.99. The predicted octanol–water partition coefficient (Wildman–Crippen LogP) is 2.44. The highest BCUT2D eigenvalue weighted by molar-refractivity contribution is 5.92. The van der Waals surface area contributed by atoms with Crippen LogP contribution < -0.4 is 0 Å². The molecule has 1 aliphatic rings. The number of aromatic nitrogens is 4. The largest absolute Gasteiger partial charge is 0.336 e. The number of hydrogen-bond acceptors (Lipinski definition) is 4. The van der Waals surface area contributed by atoms with E-state index >= 15 is 0 Å². The number of likely N-dealkylation sites (tertiary alicyclic amines) is 1. The Labute approximate surface area is 136 Å². The molecule has 1 N–H and O–H groups in total. The molecule has 0 aromatic carbocycles. The highest BCUT2D eigenvalue weighted by atomic mass is 16.2. The van der Waals surface area contributed by atoms with Gasteiger partial charge in [-0.15, -0.1) is 0 Å². The molecule has 3 rings (SSSR count). The lowest BCUT2D eigenvalue weighted by atomic mass is 9.92. The van der Waals surface area contributed by atoms with Crippen LogP contribution in [-0.2, 0) is 5.41 Å². The van der Waals surface area contributed by atoms with Crippen molar-refractivity contribution in [2.24, 2.45) is 0 Å². The van der Waals surface area contributed by atoms with Crippen molar-refractivity contribution < 1.29 is 4.79 Å². The highest BCUT2D eigenvalue weighted by Gasteiger charge is 2.31.